The molecule has 0 saturated heterocycles. The fourth-order valence-corrected chi connectivity index (χ4v) is 7.52. The van der Waals surface area contributed by atoms with E-state index in [-0.39, 0.29) is 25.2 Å². The third kappa shape index (κ3) is 19.6. The number of isothiocyanates is 1. The van der Waals surface area contributed by atoms with Crippen molar-refractivity contribution < 1.29 is 61.2 Å². The summed E-state index contributed by atoms with van der Waals surface area (Å²) in [6, 6.07) is 19.4. The number of anilines is 1. The molecular weight excluding hydrogens is 1030 g/mol. The molecule has 70 heavy (non-hydrogen) atoms. The first-order valence-corrected chi connectivity index (χ1v) is 22.9. The molecule has 0 amide bonds. The van der Waals surface area contributed by atoms with Crippen LogP contribution in [-0.2, 0) is 54.2 Å². The number of aromatic nitrogens is 6. The number of nitrogens with zero attached hydrogens (tertiary/aromatic N) is 8. The van der Waals surface area contributed by atoms with E-state index in [1.54, 1.807) is 90.6 Å². The molecule has 6 aromatic rings. The Hall–Kier alpha value is -6.85. The van der Waals surface area contributed by atoms with Gasteiger partial charge in [-0.1, -0.05) is 70.3 Å². The maximum atomic E-state index is 12.9. The standard InChI is InChI=1S/C25H32F3N4S.C24H17N3O6.CNS.Ru/c1-3-5-7-9-15-32(16-10-8-6-4-2)24-12-11-22(33-24)19-13-14-29-20(17-19)21-18-23(31-30-21)25(26,27)28;28-15-31-8-3-18-1-6-25-21(11-18)23-13-20(5-10-33-17-30)14-24(27-23)22-12-19(2-7-26-22)4-9-32-16-29;2-1-3;/h11-14,17-18H,3-10,15-16H2,1-2H3;1-17H;;/q-1;;-1;+2/b;8-3+,9-4+,10-5+;;. The quantitative estimate of drug-likeness (QED) is 0.0106. The molecule has 0 fully saturated rings. The number of ether oxygens (including phenoxy) is 3. The fourth-order valence-electron chi connectivity index (χ4n) is 6.47. The summed E-state index contributed by atoms with van der Waals surface area (Å²) in [5, 5.41) is 16.6. The zero-order valence-corrected chi connectivity index (χ0v) is 41.6. The van der Waals surface area contributed by atoms with E-state index < -0.39 is 11.9 Å². The largest absolute Gasteiger partial charge is 2.00 e. The topological polar surface area (TPSA) is 183 Å². The van der Waals surface area contributed by atoms with Crippen LogP contribution < -0.4 is 10.00 Å². The molecule has 0 radical (unpaired) electrons. The Kier molecular flexibility index (Phi) is 26.3. The molecule has 20 heteroatoms. The van der Waals surface area contributed by atoms with Crippen molar-refractivity contribution in [3.63, 3.8) is 0 Å². The number of hydrogen-bond donors (Lipinski definition) is 0. The van der Waals surface area contributed by atoms with Crippen LogP contribution in [0, 0.1) is 0 Å². The minimum atomic E-state index is -4.51. The van der Waals surface area contributed by atoms with Gasteiger partial charge in [-0.3, -0.25) is 29.3 Å². The summed E-state index contributed by atoms with van der Waals surface area (Å²) in [4.78, 5) is 52.4. The normalized spacial score (nSPS) is 10.9. The molecule has 0 spiro atoms. The first kappa shape index (κ1) is 57.5. The molecule has 0 aromatic carbocycles. The second kappa shape index (κ2) is 32.1. The SMILES string of the molecule is CCCCCCN(CCCCCC)c1ccc(-c2ccnc(-c3cc(C(F)(F)F)n[n-]3)c2)s1.O=CO/C=C/c1ccnc(-c2cc(/C=C/OC=O)cc(-c3cc(/C=C/OC=O)ccn3)n2)c1.[N-]=C=S.[Ru+2]. The summed E-state index contributed by atoms with van der Waals surface area (Å²) in [6.07, 6.45) is 18.7. The van der Waals surface area contributed by atoms with E-state index in [0.29, 0.717) is 53.4 Å². The molecule has 6 heterocycles. The van der Waals surface area contributed by atoms with Crippen molar-refractivity contribution in [3.05, 3.63) is 132 Å². The maximum Gasteiger partial charge on any atom is 2.00 e. The van der Waals surface area contributed by atoms with Crippen LogP contribution in [-0.4, -0.2) is 62.7 Å². The molecule has 0 aliphatic carbocycles. The Balaban J connectivity index is 0.000000346. The Morgan fingerprint density at radius 1 is 0.671 bits per heavy atom. The zero-order valence-electron chi connectivity index (χ0n) is 38.2. The van der Waals surface area contributed by atoms with Crippen molar-refractivity contribution >= 4 is 71.4 Å². The number of rotatable bonds is 24. The smallest absolute Gasteiger partial charge is 0.753 e. The molecule has 6 aromatic heterocycles. The van der Waals surface area contributed by atoms with Crippen molar-refractivity contribution in [1.29, 1.82) is 0 Å². The van der Waals surface area contributed by atoms with E-state index in [1.807, 2.05) is 6.07 Å². The van der Waals surface area contributed by atoms with Crippen molar-refractivity contribution in [2.75, 3.05) is 18.0 Å². The monoisotopic (exact) mass is 1080 g/mol. The first-order valence-electron chi connectivity index (χ1n) is 21.7. The van der Waals surface area contributed by atoms with Crippen LogP contribution in [0.4, 0.5) is 18.2 Å². The van der Waals surface area contributed by atoms with Gasteiger partial charge in [0.2, 0.25) is 0 Å². The van der Waals surface area contributed by atoms with Crippen LogP contribution in [0.2, 0.25) is 0 Å². The molecule has 0 saturated carbocycles. The first-order chi connectivity index (χ1) is 33.6. The maximum absolute atomic E-state index is 12.9. The summed E-state index contributed by atoms with van der Waals surface area (Å²) in [5.41, 5.74) is 4.83. The van der Waals surface area contributed by atoms with E-state index in [4.69, 9.17) is 5.41 Å². The molecule has 366 valence electrons. The average molecular weight is 1080 g/mol. The summed E-state index contributed by atoms with van der Waals surface area (Å²) in [5.74, 6) is 0. The van der Waals surface area contributed by atoms with Crippen LogP contribution in [0.15, 0.2) is 104 Å². The van der Waals surface area contributed by atoms with Crippen LogP contribution in [0.1, 0.15) is 87.6 Å². The number of alkyl halides is 3. The number of hydrogen-bond acceptors (Lipinski definition) is 14. The molecular formula is C50H49F3N8O6RuS2. The molecule has 0 N–H and O–H groups in total. The van der Waals surface area contributed by atoms with E-state index >= 15 is 0 Å². The van der Waals surface area contributed by atoms with Gasteiger partial charge >= 0.3 is 25.7 Å². The third-order valence-corrected chi connectivity index (χ3v) is 10.9. The molecule has 0 atom stereocenters. The van der Waals surface area contributed by atoms with Crippen LogP contribution >= 0.6 is 23.6 Å². The number of carbonyl (C=O) groups excluding carboxylic acids is 3. The minimum absolute atomic E-state index is 0. The van der Waals surface area contributed by atoms with Crippen LogP contribution in [0.25, 0.3) is 68.2 Å². The van der Waals surface area contributed by atoms with Gasteiger partial charge in [-0.2, -0.15) is 18.3 Å². The molecule has 0 aliphatic rings. The van der Waals surface area contributed by atoms with E-state index in [9.17, 15) is 27.6 Å². The molecule has 14 nitrogen and oxygen atoms in total. The van der Waals surface area contributed by atoms with E-state index in [0.717, 1.165) is 40.7 Å². The second-order valence-corrected chi connectivity index (χ2v) is 15.8. The van der Waals surface area contributed by atoms with Crippen LogP contribution in [0.3, 0.4) is 0 Å². The number of unbranched alkanes of at least 4 members (excludes halogenated alkanes) is 6. The Morgan fingerprint density at radius 3 is 1.64 bits per heavy atom. The number of thiocarbonyl (C=S) groups is 1. The summed E-state index contributed by atoms with van der Waals surface area (Å²) in [6.45, 7) is 7.52. The van der Waals surface area contributed by atoms with E-state index in [1.165, 1.54) is 80.3 Å². The fraction of sp³-hybridized carbons (Fsp3) is 0.260. The molecule has 6 rings (SSSR count). The molecule has 0 aliphatic heterocycles. The Morgan fingerprint density at radius 2 is 1.16 bits per heavy atom. The van der Waals surface area contributed by atoms with Crippen molar-refractivity contribution in [2.45, 2.75) is 71.4 Å². The van der Waals surface area contributed by atoms with Gasteiger partial charge in [-0.15, -0.1) is 11.3 Å². The number of carbonyl (C=O) groups is 3. The number of thiophene rings is 1. The Bertz CT molecular complexity index is 2580. The Labute approximate surface area is 426 Å². The van der Waals surface area contributed by atoms with Crippen molar-refractivity contribution in [3.8, 4) is 44.6 Å². The summed E-state index contributed by atoms with van der Waals surface area (Å²) < 4.78 is 52.5. The van der Waals surface area contributed by atoms with Gasteiger partial charge in [-0.05, 0) is 120 Å². The van der Waals surface area contributed by atoms with Crippen molar-refractivity contribution in [2.24, 2.45) is 0 Å². The van der Waals surface area contributed by atoms with Gasteiger partial charge in [0.05, 0.1) is 52.3 Å². The predicted octanol–water partition coefficient (Wildman–Crippen LogP) is 12.1. The third-order valence-electron chi connectivity index (χ3n) is 9.73. The zero-order chi connectivity index (χ0) is 49.7. The van der Waals surface area contributed by atoms with Gasteiger partial charge in [0.25, 0.3) is 19.4 Å². The molecule has 0 unspecified atom stereocenters. The summed E-state index contributed by atoms with van der Waals surface area (Å²) >= 11 is 5.42. The number of halogens is 3. The second-order valence-electron chi connectivity index (χ2n) is 14.6. The average Bonchev–Trinajstić information content (AvgIpc) is 4.07. The van der Waals surface area contributed by atoms with Gasteiger partial charge < -0.3 is 34.7 Å². The van der Waals surface area contributed by atoms with Gasteiger partial charge in [-0.25, -0.2) is 4.98 Å². The summed E-state index contributed by atoms with van der Waals surface area (Å²) in [7, 11) is 0. The van der Waals surface area contributed by atoms with Crippen LogP contribution in [0.5, 0.6) is 0 Å². The molecule has 0 bridgehead atoms. The van der Waals surface area contributed by atoms with Gasteiger partial charge in [0, 0.05) is 36.6 Å². The van der Waals surface area contributed by atoms with Crippen molar-refractivity contribution in [1.82, 2.24) is 30.1 Å². The van der Waals surface area contributed by atoms with Gasteiger partial charge in [0.1, 0.15) is 5.69 Å². The predicted molar refractivity (Wildman–Crippen MR) is 265 cm³/mol. The number of pyridine rings is 4. The van der Waals surface area contributed by atoms with E-state index in [2.05, 4.69) is 87.4 Å². The minimum Gasteiger partial charge on any atom is -0.753 e. The van der Waals surface area contributed by atoms with Gasteiger partial charge in [0.15, 0.2) is 0 Å².